The Hall–Kier alpha value is -0.970. The summed E-state index contributed by atoms with van der Waals surface area (Å²) in [4.78, 5) is 0. The summed E-state index contributed by atoms with van der Waals surface area (Å²) in [7, 11) is -1.80. The molecule has 0 aromatic rings. The van der Waals surface area contributed by atoms with E-state index < -0.39 is 10.0 Å². The van der Waals surface area contributed by atoms with Gasteiger partial charge < -0.3 is 4.74 Å². The van der Waals surface area contributed by atoms with Gasteiger partial charge in [-0.2, -0.15) is 0 Å². The van der Waals surface area contributed by atoms with Crippen molar-refractivity contribution in [1.29, 1.82) is 0 Å². The number of ether oxygens (including phenoxy) is 1. The maximum absolute atomic E-state index is 11.2. The van der Waals surface area contributed by atoms with Gasteiger partial charge in [0.15, 0.2) is 0 Å². The number of sulfonamides is 1. The summed E-state index contributed by atoms with van der Waals surface area (Å²) < 4.78 is 29.1. The molecule has 0 aliphatic heterocycles. The van der Waals surface area contributed by atoms with Gasteiger partial charge in [0.05, 0.1) is 12.0 Å². The lowest BCUT2D eigenvalue weighted by molar-refractivity contribution is 0.0532. The molecule has 0 atom stereocenters. The summed E-state index contributed by atoms with van der Waals surface area (Å²) in [5, 5.41) is 0. The fraction of sp³-hybridized carbons (Fsp3) is 0.636. The van der Waals surface area contributed by atoms with E-state index in [1.165, 1.54) is 7.05 Å². The van der Waals surface area contributed by atoms with Gasteiger partial charge in [0.1, 0.15) is 5.60 Å². The fourth-order valence-electron chi connectivity index (χ4n) is 1.05. The second-order valence-corrected chi connectivity index (χ2v) is 6.71. The molecule has 0 spiro atoms. The number of hydrogen-bond acceptors (Lipinski definition) is 3. The number of likely N-dealkylation sites (N-methyl/N-ethyl adjacent to an activating group) is 1. The van der Waals surface area contributed by atoms with E-state index in [0.29, 0.717) is 11.5 Å². The lowest BCUT2D eigenvalue weighted by atomic mass is 10.2. The first kappa shape index (κ1) is 15.0. The quantitative estimate of drug-likeness (QED) is 0.564. The van der Waals surface area contributed by atoms with Crippen LogP contribution in [0.3, 0.4) is 0 Å². The lowest BCUT2D eigenvalue weighted by Crippen LogP contribution is -2.24. The zero-order valence-electron chi connectivity index (χ0n) is 10.9. The Kier molecular flexibility index (Phi) is 4.61. The van der Waals surface area contributed by atoms with E-state index in [1.807, 2.05) is 20.8 Å². The van der Waals surface area contributed by atoms with Crippen molar-refractivity contribution in [2.24, 2.45) is 0 Å². The van der Waals surface area contributed by atoms with E-state index in [2.05, 4.69) is 6.58 Å². The van der Waals surface area contributed by atoms with E-state index in [9.17, 15) is 8.42 Å². The van der Waals surface area contributed by atoms with Crippen LogP contribution in [0, 0.1) is 0 Å². The van der Waals surface area contributed by atoms with Gasteiger partial charge in [0, 0.05) is 12.7 Å². The van der Waals surface area contributed by atoms with Gasteiger partial charge in [-0.25, -0.2) is 8.42 Å². The van der Waals surface area contributed by atoms with Crippen molar-refractivity contribution < 1.29 is 13.2 Å². The molecule has 0 radical (unpaired) electrons. The molecule has 0 amide bonds. The smallest absolute Gasteiger partial charge is 0.231 e. The highest BCUT2D eigenvalue weighted by molar-refractivity contribution is 7.88. The number of nitrogens with zero attached hydrogens (tertiary/aromatic N) is 1. The largest absolute Gasteiger partial charge is 0.493 e. The van der Waals surface area contributed by atoms with Crippen molar-refractivity contribution in [3.8, 4) is 0 Å². The molecule has 16 heavy (non-hydrogen) atoms. The molecular formula is C11H21NO3S. The summed E-state index contributed by atoms with van der Waals surface area (Å²) >= 11 is 0. The molecular weight excluding hydrogens is 226 g/mol. The molecule has 0 aliphatic rings. The van der Waals surface area contributed by atoms with Crippen LogP contribution in [-0.4, -0.2) is 31.6 Å². The fourth-order valence-corrected chi connectivity index (χ4v) is 1.53. The van der Waals surface area contributed by atoms with E-state index >= 15 is 0 Å². The Morgan fingerprint density at radius 2 is 1.81 bits per heavy atom. The van der Waals surface area contributed by atoms with Crippen LogP contribution in [0.15, 0.2) is 24.1 Å². The second-order valence-electron chi connectivity index (χ2n) is 4.69. The maximum Gasteiger partial charge on any atom is 0.231 e. The Morgan fingerprint density at radius 1 is 1.38 bits per heavy atom. The van der Waals surface area contributed by atoms with E-state index in [0.717, 1.165) is 10.6 Å². The first-order valence-corrected chi connectivity index (χ1v) is 6.78. The van der Waals surface area contributed by atoms with Gasteiger partial charge in [0.2, 0.25) is 10.0 Å². The third-order valence-electron chi connectivity index (χ3n) is 1.74. The van der Waals surface area contributed by atoms with Gasteiger partial charge in [-0.1, -0.05) is 6.58 Å². The van der Waals surface area contributed by atoms with Gasteiger partial charge >= 0.3 is 0 Å². The van der Waals surface area contributed by atoms with E-state index in [-0.39, 0.29) is 5.60 Å². The average molecular weight is 247 g/mol. The van der Waals surface area contributed by atoms with Gasteiger partial charge in [0.25, 0.3) is 0 Å². The first-order valence-electron chi connectivity index (χ1n) is 4.93. The maximum atomic E-state index is 11.2. The Bertz CT molecular complexity index is 388. The van der Waals surface area contributed by atoms with Crippen LogP contribution >= 0.6 is 0 Å². The topological polar surface area (TPSA) is 46.6 Å². The highest BCUT2D eigenvalue weighted by atomic mass is 32.2. The zero-order chi connectivity index (χ0) is 13.1. The molecule has 0 saturated carbocycles. The minimum absolute atomic E-state index is 0.301. The van der Waals surface area contributed by atoms with Crippen molar-refractivity contribution in [2.45, 2.75) is 33.3 Å². The van der Waals surface area contributed by atoms with Crippen LogP contribution in [0.2, 0.25) is 0 Å². The summed E-state index contributed by atoms with van der Waals surface area (Å²) in [6.45, 7) is 11.2. The number of hydrogen-bond donors (Lipinski definition) is 0. The predicted molar refractivity (Wildman–Crippen MR) is 66.3 cm³/mol. The highest BCUT2D eigenvalue weighted by Crippen LogP contribution is 2.15. The van der Waals surface area contributed by atoms with Gasteiger partial charge in [-0.15, -0.1) is 0 Å². The SMILES string of the molecule is C=C(/C=C(\C)OC(C)(C)C)N(C)S(C)(=O)=O. The van der Waals surface area contributed by atoms with Crippen molar-refractivity contribution >= 4 is 10.0 Å². The Balaban J connectivity index is 4.74. The lowest BCUT2D eigenvalue weighted by Gasteiger charge is -2.23. The van der Waals surface area contributed by atoms with E-state index in [4.69, 9.17) is 4.74 Å². The van der Waals surface area contributed by atoms with Crippen LogP contribution in [0.25, 0.3) is 0 Å². The third-order valence-corrected chi connectivity index (χ3v) is 2.97. The van der Waals surface area contributed by atoms with Crippen molar-refractivity contribution in [3.63, 3.8) is 0 Å². The zero-order valence-corrected chi connectivity index (χ0v) is 11.7. The normalized spacial score (nSPS) is 13.5. The molecule has 0 aromatic heterocycles. The van der Waals surface area contributed by atoms with Crippen molar-refractivity contribution in [3.05, 3.63) is 24.1 Å². The molecule has 0 rings (SSSR count). The summed E-state index contributed by atoms with van der Waals surface area (Å²) in [6.07, 6.45) is 2.73. The van der Waals surface area contributed by atoms with Crippen molar-refractivity contribution in [2.75, 3.05) is 13.3 Å². The molecule has 0 fully saturated rings. The Labute approximate surface area is 98.6 Å². The molecule has 0 saturated heterocycles. The first-order chi connectivity index (χ1) is 6.93. The summed E-state index contributed by atoms with van der Waals surface area (Å²) in [6, 6.07) is 0. The van der Waals surface area contributed by atoms with Crippen LogP contribution in [-0.2, 0) is 14.8 Å². The number of rotatable bonds is 4. The molecule has 0 N–H and O–H groups in total. The highest BCUT2D eigenvalue weighted by Gasteiger charge is 2.14. The van der Waals surface area contributed by atoms with Crippen LogP contribution < -0.4 is 0 Å². The average Bonchev–Trinajstić information content (AvgIpc) is 1.96. The van der Waals surface area contributed by atoms with Crippen LogP contribution in [0.1, 0.15) is 27.7 Å². The molecule has 94 valence electrons. The second kappa shape index (κ2) is 4.91. The molecule has 0 aromatic carbocycles. The molecule has 0 aliphatic carbocycles. The van der Waals surface area contributed by atoms with E-state index in [1.54, 1.807) is 13.0 Å². The van der Waals surface area contributed by atoms with Gasteiger partial charge in [-0.3, -0.25) is 4.31 Å². The summed E-state index contributed by atoms with van der Waals surface area (Å²) in [5.74, 6) is 0.632. The van der Waals surface area contributed by atoms with Crippen LogP contribution in [0.4, 0.5) is 0 Å². The molecule has 0 heterocycles. The number of allylic oxidation sites excluding steroid dienone is 2. The third kappa shape index (κ3) is 5.80. The Morgan fingerprint density at radius 3 is 2.12 bits per heavy atom. The minimum atomic E-state index is -3.26. The van der Waals surface area contributed by atoms with Gasteiger partial charge in [-0.05, 0) is 33.8 Å². The molecule has 0 bridgehead atoms. The standard InChI is InChI=1S/C11H21NO3S/c1-9(12(6)16(7,13)14)8-10(2)15-11(3,4)5/h8H,1H2,2-7H3/b10-8+. The van der Waals surface area contributed by atoms with Crippen LogP contribution in [0.5, 0.6) is 0 Å². The minimum Gasteiger partial charge on any atom is -0.493 e. The monoisotopic (exact) mass is 247 g/mol. The molecule has 5 heteroatoms. The summed E-state index contributed by atoms with van der Waals surface area (Å²) in [5.41, 5.74) is 0.0779. The van der Waals surface area contributed by atoms with Crippen molar-refractivity contribution in [1.82, 2.24) is 4.31 Å². The predicted octanol–water partition coefficient (Wildman–Crippen LogP) is 2.11. The molecule has 0 unspecified atom stereocenters. The molecule has 4 nitrogen and oxygen atoms in total.